The molecule has 0 amide bonds. The standard InChI is InChI=1S/C25H39N3O4.C2H4O2.CH4O.N3.2Ni.H2O/c1-18-12-20(24(29)22(14-18)31-6)16-27(4)10-8-26(3)9-11-28(5)17-21-13-19(2)15-23(32-7)25(21)30;1-2(3)4;1-2;1-3-2;;;/h12-15,29-30H,8-11,16-17H2,1-7H3;1H3,(H,3,4);2H,1H3;;;;1H2/q;;;-1;2*+2;/p-2. The predicted octanol–water partition coefficient (Wildman–Crippen LogP) is 0.267. The summed E-state index contributed by atoms with van der Waals surface area (Å²) in [6.07, 6.45) is 0. The molecule has 256 valence electrons. The Hall–Kier alpha value is -2.79. The molecule has 2 aromatic rings. The second kappa shape index (κ2) is 28.9. The summed E-state index contributed by atoms with van der Waals surface area (Å²) in [4.78, 5) is 17.0. The minimum atomic E-state index is -1.08. The van der Waals surface area contributed by atoms with Gasteiger partial charge in [0.2, 0.25) is 0 Å². The van der Waals surface area contributed by atoms with Crippen molar-refractivity contribution in [1.82, 2.24) is 14.7 Å². The molecule has 4 N–H and O–H groups in total. The van der Waals surface area contributed by atoms with E-state index in [2.05, 4.69) is 21.7 Å². The van der Waals surface area contributed by atoms with Crippen LogP contribution in [0.25, 0.3) is 16.0 Å². The molecular weight excluding hydrogens is 666 g/mol. The minimum Gasteiger partial charge on any atom is -0.870 e. The third-order valence-corrected chi connectivity index (χ3v) is 5.60. The summed E-state index contributed by atoms with van der Waals surface area (Å²) in [6.45, 7) is 9.54. The number of carbonyl (C=O) groups excluding carboxylic acids is 1. The van der Waals surface area contributed by atoms with E-state index in [1.54, 1.807) is 12.1 Å². The molecule has 14 nitrogen and oxygen atoms in total. The van der Waals surface area contributed by atoms with E-state index in [4.69, 9.17) is 35.5 Å². The van der Waals surface area contributed by atoms with Crippen molar-refractivity contribution in [2.24, 2.45) is 0 Å². The van der Waals surface area contributed by atoms with Crippen LogP contribution in [0.2, 0.25) is 0 Å². The van der Waals surface area contributed by atoms with E-state index < -0.39 is 5.97 Å². The number of carboxylic acids is 1. The van der Waals surface area contributed by atoms with Crippen molar-refractivity contribution in [3.63, 3.8) is 0 Å². The van der Waals surface area contributed by atoms with Crippen LogP contribution < -0.4 is 24.8 Å². The summed E-state index contributed by atoms with van der Waals surface area (Å²) in [5, 5.41) is 40.8. The van der Waals surface area contributed by atoms with E-state index in [0.29, 0.717) is 24.6 Å². The number of nitrogens with zero attached hydrogens (tertiary/aromatic N) is 6. The molecule has 0 atom stereocenters. The molecule has 44 heavy (non-hydrogen) atoms. The second-order valence-electron chi connectivity index (χ2n) is 9.27. The van der Waals surface area contributed by atoms with Gasteiger partial charge in [0.25, 0.3) is 0 Å². The van der Waals surface area contributed by atoms with E-state index in [1.807, 2.05) is 40.1 Å². The van der Waals surface area contributed by atoms with Crippen molar-refractivity contribution in [2.45, 2.75) is 33.9 Å². The van der Waals surface area contributed by atoms with Gasteiger partial charge in [-0.05, 0) is 76.3 Å². The fraction of sp³-hybridized carbons (Fsp3) is 0.536. The zero-order chi connectivity index (χ0) is 32.1. The van der Waals surface area contributed by atoms with Gasteiger partial charge in [-0.15, -0.1) is 0 Å². The first kappa shape index (κ1) is 50.8. The molecule has 0 bridgehead atoms. The van der Waals surface area contributed by atoms with Gasteiger partial charge in [-0.2, -0.15) is 0 Å². The number of likely N-dealkylation sites (N-methyl/N-ethyl adjacent to an activating group) is 3. The van der Waals surface area contributed by atoms with Crippen molar-refractivity contribution in [3.05, 3.63) is 62.5 Å². The van der Waals surface area contributed by atoms with Crippen LogP contribution in [0.5, 0.6) is 23.0 Å². The van der Waals surface area contributed by atoms with Gasteiger partial charge in [-0.1, -0.05) is 23.6 Å². The maximum absolute atomic E-state index is 12.4. The number of aliphatic hydroxyl groups excluding tert-OH is 1. The van der Waals surface area contributed by atoms with Crippen LogP contribution in [0, 0.1) is 13.8 Å². The molecule has 0 radical (unpaired) electrons. The second-order valence-corrected chi connectivity index (χ2v) is 9.27. The third kappa shape index (κ3) is 21.8. The van der Waals surface area contributed by atoms with E-state index in [9.17, 15) is 10.2 Å². The smallest absolute Gasteiger partial charge is 0.870 e. The van der Waals surface area contributed by atoms with Crippen LogP contribution >= 0.6 is 0 Å². The van der Waals surface area contributed by atoms with Gasteiger partial charge in [-0.3, -0.25) is 4.91 Å². The van der Waals surface area contributed by atoms with Gasteiger partial charge in [0.15, 0.2) is 0 Å². The molecule has 0 aromatic heterocycles. The molecule has 0 saturated carbocycles. The first-order valence-corrected chi connectivity index (χ1v) is 12.6. The van der Waals surface area contributed by atoms with Crippen LogP contribution in [0.15, 0.2) is 24.3 Å². The summed E-state index contributed by atoms with van der Waals surface area (Å²) < 4.78 is 10.4. The van der Waals surface area contributed by atoms with Crippen LogP contribution in [-0.2, 0) is 56.3 Å². The van der Waals surface area contributed by atoms with Crippen molar-refractivity contribution in [3.8, 4) is 23.0 Å². The third-order valence-electron chi connectivity index (χ3n) is 5.60. The van der Waals surface area contributed by atoms with E-state index in [1.165, 1.54) is 19.1 Å². The average Bonchev–Trinajstić information content (AvgIpc) is 2.91. The normalized spacial score (nSPS) is 9.30. The van der Waals surface area contributed by atoms with Gasteiger partial charge in [0, 0.05) is 52.3 Å². The topological polar surface area (TPSA) is 226 Å². The zero-order valence-corrected chi connectivity index (χ0v) is 28.8. The van der Waals surface area contributed by atoms with Crippen molar-refractivity contribution < 1.29 is 73.2 Å². The Bertz CT molecular complexity index is 1020. The molecule has 0 heterocycles. The quantitative estimate of drug-likeness (QED) is 0.104. The van der Waals surface area contributed by atoms with E-state index in [-0.39, 0.29) is 50.0 Å². The Kier molecular flexibility index (Phi) is 33.4. The molecule has 0 spiro atoms. The molecule has 0 aliphatic rings. The predicted molar refractivity (Wildman–Crippen MR) is 158 cm³/mol. The summed E-state index contributed by atoms with van der Waals surface area (Å²) in [7, 11) is 10.2. The first-order valence-electron chi connectivity index (χ1n) is 12.6. The number of aryl methyl sites for hydroxylation is 2. The average molecular weight is 713 g/mol. The Morgan fingerprint density at radius 2 is 1.02 bits per heavy atom. The van der Waals surface area contributed by atoms with Crippen molar-refractivity contribution in [1.29, 1.82) is 0 Å². The van der Waals surface area contributed by atoms with Crippen molar-refractivity contribution in [2.75, 3.05) is 68.7 Å². The van der Waals surface area contributed by atoms with Crippen molar-refractivity contribution >= 4 is 5.97 Å². The number of aliphatic hydroxyl groups is 1. The number of methoxy groups -OCH3 is 2. The maximum Gasteiger partial charge on any atom is 2.00 e. The number of hydrogen-bond donors (Lipinski definition) is 1. The molecule has 2 rings (SSSR count). The van der Waals surface area contributed by atoms with Gasteiger partial charge < -0.3 is 65.9 Å². The first-order chi connectivity index (χ1) is 19.3. The summed E-state index contributed by atoms with van der Waals surface area (Å²) in [5.41, 5.74) is 17.1. The van der Waals surface area contributed by atoms with Gasteiger partial charge in [0.05, 0.1) is 14.2 Å². The maximum atomic E-state index is 12.4. The molecule has 16 heteroatoms. The number of aliphatic carboxylic acids is 1. The monoisotopic (exact) mass is 711 g/mol. The summed E-state index contributed by atoms with van der Waals surface area (Å²) in [5.74, 6) is -0.349. The number of rotatable bonds is 12. The van der Waals surface area contributed by atoms with E-state index >= 15 is 0 Å². The van der Waals surface area contributed by atoms with Crippen LogP contribution in [0.3, 0.4) is 0 Å². The van der Waals surface area contributed by atoms with Crippen LogP contribution in [-0.4, -0.2) is 94.4 Å². The van der Waals surface area contributed by atoms with E-state index in [0.717, 1.165) is 62.5 Å². The van der Waals surface area contributed by atoms with Gasteiger partial charge in [0.1, 0.15) is 11.5 Å². The number of hydrogen-bond acceptors (Lipinski definition) is 10. The van der Waals surface area contributed by atoms with Gasteiger partial charge in [-0.25, -0.2) is 0 Å². The summed E-state index contributed by atoms with van der Waals surface area (Å²) in [6, 6.07) is 7.42. The Morgan fingerprint density at radius 3 is 1.27 bits per heavy atom. The molecule has 0 unspecified atom stereocenters. The Labute approximate surface area is 281 Å². The molecule has 0 saturated heterocycles. The zero-order valence-electron chi connectivity index (χ0n) is 26.8. The number of carbonyl (C=O) groups is 1. The SMILES string of the molecule is CC(=O)[O-].CO.COc1cc(C)cc(CN(C)CCN(C)CCN(C)Cc2cc(C)cc(OC)c2[O-])c1[O-].[N-]=[N+]=[N-].[Ni+2].[Ni+2].[OH3+]. The van der Waals surface area contributed by atoms with Crippen LogP contribution in [0.1, 0.15) is 29.2 Å². The number of carboxylic acid groups (broad SMARTS) is 1. The van der Waals surface area contributed by atoms with Gasteiger partial charge >= 0.3 is 33.0 Å². The molecule has 0 aliphatic carbocycles. The number of ether oxygens (including phenoxy) is 2. The number of benzene rings is 2. The fourth-order valence-electron chi connectivity index (χ4n) is 3.70. The summed E-state index contributed by atoms with van der Waals surface area (Å²) >= 11 is 0. The minimum absolute atomic E-state index is 0. The fourth-order valence-corrected chi connectivity index (χ4v) is 3.70. The molecule has 2 aromatic carbocycles. The Balaban J connectivity index is -0.000000377. The molecule has 0 aliphatic heterocycles. The largest absolute Gasteiger partial charge is 2.00 e. The Morgan fingerprint density at radius 1 is 0.773 bits per heavy atom. The van der Waals surface area contributed by atoms with Crippen LogP contribution in [0.4, 0.5) is 0 Å². The molecule has 0 fully saturated rings. The molecular formula is C28H47N6Ni2O8+.